The summed E-state index contributed by atoms with van der Waals surface area (Å²) in [5, 5.41) is 0. The third-order valence-corrected chi connectivity index (χ3v) is 4.69. The molecule has 108 valence electrons. The lowest BCUT2D eigenvalue weighted by Gasteiger charge is -2.26. The van der Waals surface area contributed by atoms with Crippen molar-refractivity contribution in [2.75, 3.05) is 13.1 Å². The van der Waals surface area contributed by atoms with Gasteiger partial charge in [0.25, 0.3) is 0 Å². The highest BCUT2D eigenvalue weighted by molar-refractivity contribution is 9.10. The van der Waals surface area contributed by atoms with Gasteiger partial charge in [-0.3, -0.25) is 0 Å². The highest BCUT2D eigenvalue weighted by Crippen LogP contribution is 2.59. The fraction of sp³-hybridized carbons (Fsp3) is 0.562. The zero-order valence-electron chi connectivity index (χ0n) is 12.1. The quantitative estimate of drug-likeness (QED) is 0.776. The van der Waals surface area contributed by atoms with Gasteiger partial charge in [0.05, 0.1) is 0 Å². The van der Waals surface area contributed by atoms with E-state index in [4.69, 9.17) is 4.74 Å². The molecule has 2 fully saturated rings. The van der Waals surface area contributed by atoms with E-state index < -0.39 is 5.60 Å². The van der Waals surface area contributed by atoms with Crippen LogP contribution in [-0.4, -0.2) is 29.7 Å². The summed E-state index contributed by atoms with van der Waals surface area (Å²) in [7, 11) is 0. The minimum absolute atomic E-state index is 0.167. The lowest BCUT2D eigenvalue weighted by Crippen LogP contribution is -2.37. The van der Waals surface area contributed by atoms with Crippen molar-refractivity contribution < 1.29 is 9.53 Å². The first-order valence-electron chi connectivity index (χ1n) is 7.04. The van der Waals surface area contributed by atoms with E-state index >= 15 is 0 Å². The monoisotopic (exact) mass is 337 g/mol. The van der Waals surface area contributed by atoms with E-state index in [1.807, 2.05) is 31.7 Å². The second-order valence-corrected chi connectivity index (χ2v) is 7.84. The number of halogens is 1. The molecule has 1 amide bonds. The molecule has 0 unspecified atom stereocenters. The van der Waals surface area contributed by atoms with Gasteiger partial charge in [-0.25, -0.2) is 4.79 Å². The van der Waals surface area contributed by atoms with E-state index in [-0.39, 0.29) is 11.5 Å². The maximum atomic E-state index is 12.2. The molecule has 0 N–H and O–H groups in total. The van der Waals surface area contributed by atoms with E-state index in [1.165, 1.54) is 12.0 Å². The van der Waals surface area contributed by atoms with Crippen LogP contribution in [0.3, 0.4) is 0 Å². The van der Waals surface area contributed by atoms with E-state index in [0.29, 0.717) is 5.92 Å². The van der Waals surface area contributed by atoms with Crippen molar-refractivity contribution in [3.05, 3.63) is 34.3 Å². The van der Waals surface area contributed by atoms with E-state index in [1.54, 1.807) is 0 Å². The number of amides is 1. The average Bonchev–Trinajstić information content (AvgIpc) is 2.90. The SMILES string of the molecule is CC(C)(C)OC(=O)N1C[C@H]2C[C@@]2(c2cccc(Br)c2)C1. The number of hydrogen-bond donors (Lipinski definition) is 0. The third-order valence-electron chi connectivity index (χ3n) is 4.20. The number of piperidine rings is 1. The Bertz CT molecular complexity index is 552. The van der Waals surface area contributed by atoms with Gasteiger partial charge in [0.2, 0.25) is 0 Å². The standard InChI is InChI=1S/C16H20BrNO2/c1-15(2,3)20-14(19)18-9-12-8-16(12,10-18)11-5-4-6-13(17)7-11/h4-7,12H,8-10H2,1-3H3/t12-,16+/m1/s1. The Hall–Kier alpha value is -1.03. The molecule has 0 radical (unpaired) electrons. The number of likely N-dealkylation sites (tertiary alicyclic amines) is 1. The van der Waals surface area contributed by atoms with Crippen LogP contribution in [0.25, 0.3) is 0 Å². The molecule has 20 heavy (non-hydrogen) atoms. The van der Waals surface area contributed by atoms with Crippen LogP contribution in [0.1, 0.15) is 32.8 Å². The van der Waals surface area contributed by atoms with Gasteiger partial charge in [-0.15, -0.1) is 0 Å². The highest BCUT2D eigenvalue weighted by atomic mass is 79.9. The summed E-state index contributed by atoms with van der Waals surface area (Å²) in [6.45, 7) is 7.33. The van der Waals surface area contributed by atoms with Crippen molar-refractivity contribution in [1.82, 2.24) is 4.90 Å². The zero-order valence-corrected chi connectivity index (χ0v) is 13.7. The van der Waals surface area contributed by atoms with Crippen LogP contribution in [0.4, 0.5) is 4.79 Å². The highest BCUT2D eigenvalue weighted by Gasteiger charge is 2.62. The van der Waals surface area contributed by atoms with Crippen molar-refractivity contribution in [1.29, 1.82) is 0 Å². The Morgan fingerprint density at radius 2 is 2.20 bits per heavy atom. The molecule has 0 aromatic heterocycles. The fourth-order valence-electron chi connectivity index (χ4n) is 3.19. The number of rotatable bonds is 1. The summed E-state index contributed by atoms with van der Waals surface area (Å²) in [5.41, 5.74) is 1.08. The Labute approximate surface area is 128 Å². The first-order valence-corrected chi connectivity index (χ1v) is 7.83. The molecule has 1 aliphatic carbocycles. The lowest BCUT2D eigenvalue weighted by molar-refractivity contribution is 0.0270. The molecule has 1 aromatic rings. The van der Waals surface area contributed by atoms with Crippen molar-refractivity contribution in [2.45, 2.75) is 38.2 Å². The van der Waals surface area contributed by atoms with Gasteiger partial charge in [0.1, 0.15) is 5.60 Å². The van der Waals surface area contributed by atoms with Crippen molar-refractivity contribution >= 4 is 22.0 Å². The summed E-state index contributed by atoms with van der Waals surface area (Å²) in [6.07, 6.45) is 1.00. The summed E-state index contributed by atoms with van der Waals surface area (Å²) in [6, 6.07) is 8.46. The molecule has 1 saturated carbocycles. The minimum Gasteiger partial charge on any atom is -0.444 e. The van der Waals surface area contributed by atoms with Gasteiger partial charge < -0.3 is 9.64 Å². The maximum Gasteiger partial charge on any atom is 0.410 e. The molecule has 2 atom stereocenters. The fourth-order valence-corrected chi connectivity index (χ4v) is 3.59. The second-order valence-electron chi connectivity index (χ2n) is 6.93. The first kappa shape index (κ1) is 13.9. The average molecular weight is 338 g/mol. The van der Waals surface area contributed by atoms with Crippen LogP contribution in [-0.2, 0) is 10.2 Å². The molecule has 1 aromatic carbocycles. The number of nitrogens with zero attached hydrogens (tertiary/aromatic N) is 1. The molecular weight excluding hydrogens is 318 g/mol. The van der Waals surface area contributed by atoms with Gasteiger partial charge in [-0.05, 0) is 50.8 Å². The topological polar surface area (TPSA) is 29.5 Å². The molecule has 1 aliphatic heterocycles. The number of benzene rings is 1. The van der Waals surface area contributed by atoms with Gasteiger partial charge in [-0.1, -0.05) is 28.1 Å². The normalized spacial score (nSPS) is 28.2. The van der Waals surface area contributed by atoms with Crippen LogP contribution in [0.5, 0.6) is 0 Å². The Kier molecular flexibility index (Phi) is 3.12. The summed E-state index contributed by atoms with van der Waals surface area (Å²) in [5.74, 6) is 0.587. The molecular formula is C16H20BrNO2. The molecule has 3 rings (SSSR count). The number of carbonyl (C=O) groups is 1. The van der Waals surface area contributed by atoms with E-state index in [0.717, 1.165) is 17.6 Å². The number of ether oxygens (including phenoxy) is 1. The smallest absolute Gasteiger partial charge is 0.410 e. The lowest BCUT2D eigenvalue weighted by atomic mass is 9.95. The third kappa shape index (κ3) is 2.46. The van der Waals surface area contributed by atoms with Crippen LogP contribution in [0, 0.1) is 5.92 Å². The molecule has 0 bridgehead atoms. The van der Waals surface area contributed by atoms with Crippen LogP contribution in [0.2, 0.25) is 0 Å². The number of fused-ring (bicyclic) bond motifs is 1. The molecule has 1 saturated heterocycles. The summed E-state index contributed by atoms with van der Waals surface area (Å²) < 4.78 is 6.58. The van der Waals surface area contributed by atoms with E-state index in [9.17, 15) is 4.79 Å². The van der Waals surface area contributed by atoms with Gasteiger partial charge >= 0.3 is 6.09 Å². The van der Waals surface area contributed by atoms with Crippen LogP contribution in [0.15, 0.2) is 28.7 Å². The Morgan fingerprint density at radius 3 is 2.85 bits per heavy atom. The Morgan fingerprint density at radius 1 is 1.45 bits per heavy atom. The van der Waals surface area contributed by atoms with Crippen LogP contribution >= 0.6 is 15.9 Å². The molecule has 1 heterocycles. The van der Waals surface area contributed by atoms with Crippen molar-refractivity contribution in [3.63, 3.8) is 0 Å². The van der Waals surface area contributed by atoms with Gasteiger partial charge in [0.15, 0.2) is 0 Å². The molecule has 3 nitrogen and oxygen atoms in total. The number of carbonyl (C=O) groups excluding carboxylic acids is 1. The van der Waals surface area contributed by atoms with E-state index in [2.05, 4.69) is 34.1 Å². The first-order chi connectivity index (χ1) is 9.30. The number of hydrogen-bond acceptors (Lipinski definition) is 2. The maximum absolute atomic E-state index is 12.2. The van der Waals surface area contributed by atoms with Crippen LogP contribution < -0.4 is 0 Å². The minimum atomic E-state index is -0.424. The predicted molar refractivity (Wildman–Crippen MR) is 81.7 cm³/mol. The molecule has 2 aliphatic rings. The second kappa shape index (κ2) is 4.48. The predicted octanol–water partition coefficient (Wildman–Crippen LogP) is 3.96. The van der Waals surface area contributed by atoms with Gasteiger partial charge in [0, 0.05) is 23.0 Å². The summed E-state index contributed by atoms with van der Waals surface area (Å²) >= 11 is 3.53. The zero-order chi connectivity index (χ0) is 14.5. The largest absolute Gasteiger partial charge is 0.444 e. The van der Waals surface area contributed by atoms with Crippen molar-refractivity contribution in [2.24, 2.45) is 5.92 Å². The summed E-state index contributed by atoms with van der Waals surface area (Å²) in [4.78, 5) is 14.0. The molecule has 0 spiro atoms. The Balaban J connectivity index is 1.73. The van der Waals surface area contributed by atoms with Gasteiger partial charge in [-0.2, -0.15) is 0 Å². The van der Waals surface area contributed by atoms with Crippen molar-refractivity contribution in [3.8, 4) is 0 Å². The molecule has 4 heteroatoms.